The molecule has 1 saturated heterocycles. The summed E-state index contributed by atoms with van der Waals surface area (Å²) < 4.78 is 1.76. The lowest BCUT2D eigenvalue weighted by Crippen LogP contribution is -2.56. The number of anilines is 1. The van der Waals surface area contributed by atoms with Crippen molar-refractivity contribution in [2.45, 2.75) is 46.2 Å². The zero-order valence-corrected chi connectivity index (χ0v) is 22.1. The van der Waals surface area contributed by atoms with Crippen molar-refractivity contribution in [3.05, 3.63) is 94.4 Å². The van der Waals surface area contributed by atoms with E-state index in [1.54, 1.807) is 4.57 Å². The van der Waals surface area contributed by atoms with Gasteiger partial charge in [-0.05, 0) is 98.3 Å². The van der Waals surface area contributed by atoms with Crippen LogP contribution < -0.4 is 10.5 Å². The maximum Gasteiger partial charge on any atom is 0.262 e. The number of nitrogens with zero attached hydrogens (tertiary/aromatic N) is 4. The third-order valence-electron chi connectivity index (χ3n) is 7.63. The summed E-state index contributed by atoms with van der Waals surface area (Å²) in [6, 6.07) is 25.0. The molecule has 4 aromatic rings. The Morgan fingerprint density at radius 3 is 2.19 bits per heavy atom. The van der Waals surface area contributed by atoms with Crippen molar-refractivity contribution in [2.24, 2.45) is 0 Å². The number of piperazine rings is 1. The molecule has 2 atom stereocenters. The molecular formula is C32H34N4O. The van der Waals surface area contributed by atoms with Crippen molar-refractivity contribution in [1.29, 1.82) is 5.26 Å². The van der Waals surface area contributed by atoms with Crippen LogP contribution in [0.25, 0.3) is 27.6 Å². The molecule has 0 amide bonds. The Bertz CT molecular complexity index is 1500. The Hall–Kier alpha value is -3.88. The van der Waals surface area contributed by atoms with Crippen molar-refractivity contribution in [2.75, 3.05) is 24.5 Å². The molecule has 2 heterocycles. The second-order valence-electron chi connectivity index (χ2n) is 10.3. The van der Waals surface area contributed by atoms with Gasteiger partial charge in [-0.2, -0.15) is 5.26 Å². The van der Waals surface area contributed by atoms with Gasteiger partial charge in [0.2, 0.25) is 0 Å². The normalized spacial score (nSPS) is 18.2. The summed E-state index contributed by atoms with van der Waals surface area (Å²) in [5.41, 5.74) is 5.70. The Balaban J connectivity index is 1.48. The van der Waals surface area contributed by atoms with E-state index in [4.69, 9.17) is 5.26 Å². The summed E-state index contributed by atoms with van der Waals surface area (Å²) in [5.74, 6) is 0. The van der Waals surface area contributed by atoms with Crippen LogP contribution in [-0.4, -0.2) is 41.2 Å². The number of nitriles is 1. The zero-order valence-electron chi connectivity index (χ0n) is 22.1. The van der Waals surface area contributed by atoms with Gasteiger partial charge in [-0.3, -0.25) is 14.3 Å². The molecule has 2 unspecified atom stereocenters. The number of rotatable bonds is 5. The molecule has 188 valence electrons. The second-order valence-corrected chi connectivity index (χ2v) is 10.3. The number of hydrogen-bond acceptors (Lipinski definition) is 4. The van der Waals surface area contributed by atoms with Gasteiger partial charge in [-0.15, -0.1) is 0 Å². The zero-order chi connectivity index (χ0) is 26.1. The van der Waals surface area contributed by atoms with Crippen LogP contribution in [0.5, 0.6) is 0 Å². The van der Waals surface area contributed by atoms with Gasteiger partial charge >= 0.3 is 0 Å². The number of pyridine rings is 1. The Kier molecular flexibility index (Phi) is 6.86. The fraction of sp³-hybridized carbons (Fsp3) is 0.312. The summed E-state index contributed by atoms with van der Waals surface area (Å²) in [6.07, 6.45) is 3.12. The van der Waals surface area contributed by atoms with Crippen molar-refractivity contribution in [3.8, 4) is 22.9 Å². The largest absolute Gasteiger partial charge is 0.368 e. The molecule has 5 rings (SSSR count). The summed E-state index contributed by atoms with van der Waals surface area (Å²) in [5, 5.41) is 10.8. The molecule has 5 heteroatoms. The number of aromatic nitrogens is 1. The van der Waals surface area contributed by atoms with E-state index in [-0.39, 0.29) is 5.56 Å². The maximum atomic E-state index is 13.6. The van der Waals surface area contributed by atoms with Crippen LogP contribution in [-0.2, 0) is 0 Å². The molecule has 1 aromatic heterocycles. The number of hydrogen-bond donors (Lipinski definition) is 0. The highest BCUT2D eigenvalue weighted by Gasteiger charge is 2.28. The van der Waals surface area contributed by atoms with Gasteiger partial charge in [0.15, 0.2) is 0 Å². The van der Waals surface area contributed by atoms with Crippen molar-refractivity contribution < 1.29 is 0 Å². The van der Waals surface area contributed by atoms with Crippen LogP contribution in [0.2, 0.25) is 0 Å². The van der Waals surface area contributed by atoms with E-state index in [1.807, 2.05) is 48.7 Å². The Morgan fingerprint density at radius 2 is 1.57 bits per heavy atom. The lowest BCUT2D eigenvalue weighted by atomic mass is 9.96. The van der Waals surface area contributed by atoms with Crippen LogP contribution in [0.3, 0.4) is 0 Å². The molecule has 1 fully saturated rings. The van der Waals surface area contributed by atoms with Crippen molar-refractivity contribution in [3.63, 3.8) is 0 Å². The van der Waals surface area contributed by atoms with Gasteiger partial charge < -0.3 is 4.90 Å². The lowest BCUT2D eigenvalue weighted by molar-refractivity contribution is 0.132. The van der Waals surface area contributed by atoms with Gasteiger partial charge in [-0.25, -0.2) is 0 Å². The van der Waals surface area contributed by atoms with Crippen molar-refractivity contribution in [1.82, 2.24) is 9.47 Å². The number of benzene rings is 3. The van der Waals surface area contributed by atoms with Crippen molar-refractivity contribution >= 4 is 16.5 Å². The third kappa shape index (κ3) is 4.65. The quantitative estimate of drug-likeness (QED) is 0.337. The molecule has 5 nitrogen and oxygen atoms in total. The first-order valence-corrected chi connectivity index (χ1v) is 13.2. The monoisotopic (exact) mass is 490 g/mol. The minimum absolute atomic E-state index is 0.0285. The highest BCUT2D eigenvalue weighted by Crippen LogP contribution is 2.31. The van der Waals surface area contributed by atoms with E-state index in [0.717, 1.165) is 47.4 Å². The maximum absolute atomic E-state index is 13.6. The van der Waals surface area contributed by atoms with Gasteiger partial charge in [0.25, 0.3) is 5.56 Å². The van der Waals surface area contributed by atoms with E-state index < -0.39 is 0 Å². The molecular weight excluding hydrogens is 456 g/mol. The van der Waals surface area contributed by atoms with Crippen LogP contribution >= 0.6 is 0 Å². The molecule has 0 bridgehead atoms. The van der Waals surface area contributed by atoms with Gasteiger partial charge in [0.1, 0.15) is 0 Å². The van der Waals surface area contributed by atoms with Crippen LogP contribution in [0.15, 0.2) is 77.7 Å². The molecule has 0 saturated carbocycles. The highest BCUT2D eigenvalue weighted by atomic mass is 16.1. The minimum atomic E-state index is -0.0285. The fourth-order valence-electron chi connectivity index (χ4n) is 5.85. The average Bonchev–Trinajstić information content (AvgIpc) is 2.92. The van der Waals surface area contributed by atoms with E-state index >= 15 is 0 Å². The Labute approximate surface area is 219 Å². The summed E-state index contributed by atoms with van der Waals surface area (Å²) in [6.45, 7) is 12.1. The number of aryl methyl sites for hydroxylation is 1. The van der Waals surface area contributed by atoms with Crippen LogP contribution in [0.1, 0.15) is 38.3 Å². The van der Waals surface area contributed by atoms with Crippen LogP contribution in [0.4, 0.5) is 5.69 Å². The van der Waals surface area contributed by atoms with Gasteiger partial charge in [0.05, 0.1) is 11.6 Å². The van der Waals surface area contributed by atoms with E-state index in [0.29, 0.717) is 23.0 Å². The molecule has 1 aliphatic heterocycles. The molecule has 1 aliphatic rings. The first kappa shape index (κ1) is 24.8. The molecule has 0 aliphatic carbocycles. The lowest BCUT2D eigenvalue weighted by Gasteiger charge is -2.45. The summed E-state index contributed by atoms with van der Waals surface area (Å²) in [7, 11) is 0. The Morgan fingerprint density at radius 1 is 0.919 bits per heavy atom. The SMILES string of the molecule is CCCN1C(C)CN(c2ccc(-n3cc(C)c4c(-c5ccc(C#N)cc5)cccc4c3=O)cc2)CC1C. The summed E-state index contributed by atoms with van der Waals surface area (Å²) >= 11 is 0. The topological polar surface area (TPSA) is 52.3 Å². The average molecular weight is 491 g/mol. The van der Waals surface area contributed by atoms with Gasteiger partial charge in [-0.1, -0.05) is 31.2 Å². The first-order chi connectivity index (χ1) is 17.9. The third-order valence-corrected chi connectivity index (χ3v) is 7.63. The standard InChI is InChI=1S/C32H34N4O/c1-5-17-35-23(3)20-34(21-24(35)4)27-13-15-28(16-14-27)36-19-22(2)31-29(7-6-8-30(31)32(36)37)26-11-9-25(18-33)10-12-26/h6-16,19,23-24H,5,17,20-21H2,1-4H3. The summed E-state index contributed by atoms with van der Waals surface area (Å²) in [4.78, 5) is 18.7. The second kappa shape index (κ2) is 10.2. The van der Waals surface area contributed by atoms with E-state index in [1.165, 1.54) is 12.1 Å². The fourth-order valence-corrected chi connectivity index (χ4v) is 5.85. The minimum Gasteiger partial charge on any atom is -0.368 e. The van der Waals surface area contributed by atoms with Crippen LogP contribution in [0, 0.1) is 18.3 Å². The molecule has 0 spiro atoms. The molecule has 0 N–H and O–H groups in total. The predicted octanol–water partition coefficient (Wildman–Crippen LogP) is 6.15. The van der Waals surface area contributed by atoms with E-state index in [2.05, 4.69) is 67.8 Å². The molecule has 0 radical (unpaired) electrons. The molecule has 37 heavy (non-hydrogen) atoms. The van der Waals surface area contributed by atoms with Gasteiger partial charge in [0, 0.05) is 48.1 Å². The highest BCUT2D eigenvalue weighted by molar-refractivity contribution is 5.98. The number of fused-ring (bicyclic) bond motifs is 1. The predicted molar refractivity (Wildman–Crippen MR) is 153 cm³/mol. The first-order valence-electron chi connectivity index (χ1n) is 13.2. The smallest absolute Gasteiger partial charge is 0.262 e. The molecule has 3 aromatic carbocycles. The van der Waals surface area contributed by atoms with E-state index in [9.17, 15) is 4.79 Å².